The Morgan fingerprint density at radius 1 is 1.45 bits per heavy atom. The second-order valence-electron chi connectivity index (χ2n) is 5.25. The molecule has 3 N–H and O–H groups in total. The number of unbranched alkanes of at least 4 members (excludes halogenated alkanes) is 3. The van der Waals surface area contributed by atoms with E-state index in [2.05, 4.69) is 6.92 Å². The highest BCUT2D eigenvalue weighted by Crippen LogP contribution is 2.17. The van der Waals surface area contributed by atoms with Gasteiger partial charge in [0.1, 0.15) is 12.0 Å². The van der Waals surface area contributed by atoms with Crippen molar-refractivity contribution in [2.24, 2.45) is 5.92 Å². The second-order valence-corrected chi connectivity index (χ2v) is 5.25. The van der Waals surface area contributed by atoms with Gasteiger partial charge in [-0.1, -0.05) is 25.8 Å². The minimum atomic E-state index is -0.854. The Labute approximate surface area is 120 Å². The molecule has 0 aliphatic heterocycles. The predicted molar refractivity (Wildman–Crippen MR) is 75.7 cm³/mol. The molecule has 0 heterocycles. The number of rotatable bonds is 9. The summed E-state index contributed by atoms with van der Waals surface area (Å²) in [5, 5.41) is 17.5. The lowest BCUT2D eigenvalue weighted by Gasteiger charge is -2.11. The standard InChI is InChI=1S/C15H25NO4/c1-12-8-10-13(11-9-12)20-15(18)7-5-3-2-4-6-14(17)16-19/h8,10-12,14,16-17,19H,2-7,9H2,1H3. The number of esters is 1. The van der Waals surface area contributed by atoms with Gasteiger partial charge in [0.25, 0.3) is 0 Å². The molecule has 0 fully saturated rings. The zero-order chi connectivity index (χ0) is 14.8. The third kappa shape index (κ3) is 7.43. The predicted octanol–water partition coefficient (Wildman–Crippen LogP) is 2.65. The molecule has 1 aliphatic carbocycles. The molecule has 2 atom stereocenters. The molecule has 0 bridgehead atoms. The van der Waals surface area contributed by atoms with Gasteiger partial charge in [0, 0.05) is 6.42 Å². The normalized spacial score (nSPS) is 19.6. The molecule has 114 valence electrons. The van der Waals surface area contributed by atoms with Gasteiger partial charge in [-0.15, -0.1) is 0 Å². The van der Waals surface area contributed by atoms with Crippen molar-refractivity contribution in [1.82, 2.24) is 5.48 Å². The topological polar surface area (TPSA) is 78.8 Å². The molecule has 0 aromatic heterocycles. The number of aliphatic hydroxyl groups is 1. The van der Waals surface area contributed by atoms with E-state index >= 15 is 0 Å². The van der Waals surface area contributed by atoms with Gasteiger partial charge in [0.15, 0.2) is 0 Å². The molecule has 20 heavy (non-hydrogen) atoms. The zero-order valence-corrected chi connectivity index (χ0v) is 12.0. The number of allylic oxidation sites excluding steroid dienone is 3. The van der Waals surface area contributed by atoms with Crippen molar-refractivity contribution < 1.29 is 19.8 Å². The van der Waals surface area contributed by atoms with E-state index in [-0.39, 0.29) is 5.97 Å². The maximum atomic E-state index is 11.6. The summed E-state index contributed by atoms with van der Waals surface area (Å²) in [6.07, 6.45) is 10.3. The Morgan fingerprint density at radius 2 is 2.20 bits per heavy atom. The van der Waals surface area contributed by atoms with Crippen molar-refractivity contribution in [3.63, 3.8) is 0 Å². The molecular weight excluding hydrogens is 258 g/mol. The van der Waals surface area contributed by atoms with E-state index in [0.717, 1.165) is 32.1 Å². The summed E-state index contributed by atoms with van der Waals surface area (Å²) in [6, 6.07) is 0. The summed E-state index contributed by atoms with van der Waals surface area (Å²) in [4.78, 5) is 11.6. The first-order valence-corrected chi connectivity index (χ1v) is 7.28. The number of ether oxygens (including phenoxy) is 1. The SMILES string of the molecule is CC1C=CC(OC(=O)CCCCCCC(O)NO)=CC1. The molecule has 0 aromatic carbocycles. The fraction of sp³-hybridized carbons (Fsp3) is 0.667. The van der Waals surface area contributed by atoms with E-state index in [1.807, 2.05) is 18.2 Å². The van der Waals surface area contributed by atoms with Crippen molar-refractivity contribution in [3.05, 3.63) is 24.0 Å². The van der Waals surface area contributed by atoms with E-state index in [4.69, 9.17) is 15.1 Å². The average Bonchev–Trinajstić information content (AvgIpc) is 2.44. The van der Waals surface area contributed by atoms with Gasteiger partial charge in [-0.3, -0.25) is 4.79 Å². The van der Waals surface area contributed by atoms with Crippen molar-refractivity contribution in [3.8, 4) is 0 Å². The van der Waals surface area contributed by atoms with Gasteiger partial charge in [-0.2, -0.15) is 5.48 Å². The molecule has 2 unspecified atom stereocenters. The Morgan fingerprint density at radius 3 is 2.85 bits per heavy atom. The van der Waals surface area contributed by atoms with Crippen LogP contribution in [0.25, 0.3) is 0 Å². The minimum absolute atomic E-state index is 0.187. The van der Waals surface area contributed by atoms with Crippen LogP contribution in [-0.4, -0.2) is 22.5 Å². The van der Waals surface area contributed by atoms with Crippen LogP contribution < -0.4 is 5.48 Å². The number of carbonyl (C=O) groups excluding carboxylic acids is 1. The Bertz CT molecular complexity index is 352. The van der Waals surface area contributed by atoms with Crippen molar-refractivity contribution in [2.75, 3.05) is 0 Å². The average molecular weight is 283 g/mol. The monoisotopic (exact) mass is 283 g/mol. The number of aliphatic hydroxyl groups excluding tert-OH is 1. The van der Waals surface area contributed by atoms with Crippen LogP contribution in [0.5, 0.6) is 0 Å². The Balaban J connectivity index is 2.02. The summed E-state index contributed by atoms with van der Waals surface area (Å²) in [5.41, 5.74) is 1.79. The first kappa shape index (κ1) is 16.9. The Hall–Kier alpha value is -1.17. The molecule has 1 rings (SSSR count). The lowest BCUT2D eigenvalue weighted by molar-refractivity contribution is -0.139. The van der Waals surface area contributed by atoms with Crippen LogP contribution in [0.15, 0.2) is 24.0 Å². The van der Waals surface area contributed by atoms with E-state index < -0.39 is 6.23 Å². The summed E-state index contributed by atoms with van der Waals surface area (Å²) < 4.78 is 5.25. The fourth-order valence-corrected chi connectivity index (χ4v) is 1.99. The van der Waals surface area contributed by atoms with Gasteiger partial charge >= 0.3 is 5.97 Å². The highest BCUT2D eigenvalue weighted by atomic mass is 16.5. The summed E-state index contributed by atoms with van der Waals surface area (Å²) in [7, 11) is 0. The third-order valence-corrected chi connectivity index (χ3v) is 3.27. The molecule has 1 aliphatic rings. The van der Waals surface area contributed by atoms with E-state index in [0.29, 0.717) is 24.5 Å². The first-order valence-electron chi connectivity index (χ1n) is 7.28. The number of nitrogens with one attached hydrogen (secondary N) is 1. The maximum absolute atomic E-state index is 11.6. The lowest BCUT2D eigenvalue weighted by Crippen LogP contribution is -2.24. The molecule has 0 spiro atoms. The fourth-order valence-electron chi connectivity index (χ4n) is 1.99. The molecule has 5 nitrogen and oxygen atoms in total. The highest BCUT2D eigenvalue weighted by molar-refractivity contribution is 5.70. The van der Waals surface area contributed by atoms with Crippen LogP contribution in [0.4, 0.5) is 0 Å². The molecular formula is C15H25NO4. The first-order chi connectivity index (χ1) is 9.61. The molecule has 0 aromatic rings. The summed E-state index contributed by atoms with van der Waals surface area (Å²) in [5.74, 6) is 0.985. The number of carbonyl (C=O) groups is 1. The maximum Gasteiger partial charge on any atom is 0.311 e. The Kier molecular flexibility index (Phi) is 8.18. The van der Waals surface area contributed by atoms with Crippen LogP contribution in [0, 0.1) is 5.92 Å². The van der Waals surface area contributed by atoms with Crippen LogP contribution >= 0.6 is 0 Å². The van der Waals surface area contributed by atoms with Crippen molar-refractivity contribution in [2.45, 2.75) is 58.1 Å². The van der Waals surface area contributed by atoms with E-state index in [9.17, 15) is 4.79 Å². The molecule has 0 saturated heterocycles. The molecule has 0 radical (unpaired) electrons. The van der Waals surface area contributed by atoms with Gasteiger partial charge in [0.2, 0.25) is 0 Å². The van der Waals surface area contributed by atoms with Gasteiger partial charge < -0.3 is 15.1 Å². The lowest BCUT2D eigenvalue weighted by atomic mass is 10.0. The number of hydrogen-bond donors (Lipinski definition) is 3. The quantitative estimate of drug-likeness (QED) is 0.262. The highest BCUT2D eigenvalue weighted by Gasteiger charge is 2.09. The largest absolute Gasteiger partial charge is 0.427 e. The van der Waals surface area contributed by atoms with Crippen LogP contribution in [0.2, 0.25) is 0 Å². The smallest absolute Gasteiger partial charge is 0.311 e. The molecule has 0 saturated carbocycles. The van der Waals surface area contributed by atoms with Crippen LogP contribution in [0.1, 0.15) is 51.9 Å². The van der Waals surface area contributed by atoms with E-state index in [1.165, 1.54) is 0 Å². The molecule has 0 amide bonds. The zero-order valence-electron chi connectivity index (χ0n) is 12.0. The van der Waals surface area contributed by atoms with Gasteiger partial charge in [-0.05, 0) is 43.8 Å². The van der Waals surface area contributed by atoms with Gasteiger partial charge in [-0.25, -0.2) is 0 Å². The number of hydrogen-bond acceptors (Lipinski definition) is 5. The minimum Gasteiger partial charge on any atom is -0.427 e. The van der Waals surface area contributed by atoms with Crippen molar-refractivity contribution >= 4 is 5.97 Å². The van der Waals surface area contributed by atoms with Crippen LogP contribution in [0.3, 0.4) is 0 Å². The number of hydroxylamine groups is 1. The second kappa shape index (κ2) is 9.69. The third-order valence-electron chi connectivity index (χ3n) is 3.27. The van der Waals surface area contributed by atoms with Gasteiger partial charge in [0.05, 0.1) is 0 Å². The van der Waals surface area contributed by atoms with E-state index in [1.54, 1.807) is 5.48 Å². The molecule has 5 heteroatoms. The summed E-state index contributed by atoms with van der Waals surface area (Å²) in [6.45, 7) is 2.12. The summed E-state index contributed by atoms with van der Waals surface area (Å²) >= 11 is 0. The van der Waals surface area contributed by atoms with Crippen LogP contribution in [-0.2, 0) is 9.53 Å². The van der Waals surface area contributed by atoms with Crippen molar-refractivity contribution in [1.29, 1.82) is 0 Å².